The second kappa shape index (κ2) is 11.8. The minimum atomic E-state index is -1.34. The third-order valence-electron chi connectivity index (χ3n) is 13.0. The number of aryl methyl sites for hydroxylation is 1. The second-order valence-corrected chi connectivity index (χ2v) is 16.6. The largest absolute Gasteiger partial charge is 0.504 e. The van der Waals surface area contributed by atoms with Crippen LogP contribution in [0.5, 0.6) is 23.0 Å². The Balaban J connectivity index is 1.22. The minimum absolute atomic E-state index is 0.0550. The molecule has 2 fully saturated rings. The first kappa shape index (κ1) is 33.6. The number of fused-ring (bicyclic) bond motifs is 11. The molecule has 0 unspecified atom stereocenters. The van der Waals surface area contributed by atoms with Gasteiger partial charge in [0.2, 0.25) is 6.79 Å². The fourth-order valence-corrected chi connectivity index (χ4v) is 12.2. The molecule has 12 nitrogen and oxygen atoms in total. The van der Waals surface area contributed by atoms with Crippen LogP contribution in [-0.4, -0.2) is 90.2 Å². The van der Waals surface area contributed by atoms with Crippen LogP contribution in [0, 0.1) is 20.8 Å². The molecule has 0 amide bonds. The fraction of sp³-hybridized carbons (Fsp3) is 0.475. The Morgan fingerprint density at radius 1 is 1.08 bits per heavy atom. The Hall–Kier alpha value is -3.98. The van der Waals surface area contributed by atoms with Gasteiger partial charge >= 0.3 is 5.97 Å². The summed E-state index contributed by atoms with van der Waals surface area (Å²) in [5.41, 5.74) is 13.4. The van der Waals surface area contributed by atoms with Crippen molar-refractivity contribution in [3.05, 3.63) is 80.6 Å². The van der Waals surface area contributed by atoms with Gasteiger partial charge in [0.1, 0.15) is 24.2 Å². The molecule has 1 aromatic heterocycles. The zero-order chi connectivity index (χ0) is 36.7. The lowest BCUT2D eigenvalue weighted by Gasteiger charge is -2.62. The molecule has 4 bridgehead atoms. The Morgan fingerprint density at radius 3 is 2.66 bits per heavy atom. The van der Waals surface area contributed by atoms with E-state index in [1.165, 1.54) is 0 Å². The highest BCUT2D eigenvalue weighted by Gasteiger charge is 2.61. The average Bonchev–Trinajstić information content (AvgIpc) is 3.80. The Kier molecular flexibility index (Phi) is 7.45. The van der Waals surface area contributed by atoms with E-state index in [1.54, 1.807) is 18.9 Å². The minimum Gasteiger partial charge on any atom is -0.504 e. The molecule has 11 rings (SSSR count). The summed E-state index contributed by atoms with van der Waals surface area (Å²) in [6, 6.07) is 8.18. The van der Waals surface area contributed by atoms with Gasteiger partial charge in [0.05, 0.1) is 25.2 Å². The quantitative estimate of drug-likeness (QED) is 0.218. The summed E-state index contributed by atoms with van der Waals surface area (Å²) in [5, 5.41) is 28.9. The number of carbonyl (C=O) groups excluding carboxylic acids is 1. The molecule has 53 heavy (non-hydrogen) atoms. The van der Waals surface area contributed by atoms with Gasteiger partial charge in [-0.2, -0.15) is 0 Å². The topological polar surface area (TPSA) is 152 Å². The number of thioether (sulfide) groups is 1. The molecule has 4 aromatic rings. The molecule has 0 radical (unpaired) electrons. The van der Waals surface area contributed by atoms with Crippen LogP contribution in [0.25, 0.3) is 11.0 Å². The summed E-state index contributed by atoms with van der Waals surface area (Å²) < 4.78 is 31.2. The van der Waals surface area contributed by atoms with Gasteiger partial charge in [-0.3, -0.25) is 15.1 Å². The molecule has 0 saturated carbocycles. The summed E-state index contributed by atoms with van der Waals surface area (Å²) in [7, 11) is 3.62. The van der Waals surface area contributed by atoms with Gasteiger partial charge in [0.15, 0.2) is 28.5 Å². The van der Waals surface area contributed by atoms with Crippen molar-refractivity contribution in [3.63, 3.8) is 0 Å². The lowest BCUT2D eigenvalue weighted by atomic mass is 9.72. The van der Waals surface area contributed by atoms with Gasteiger partial charge in [0.25, 0.3) is 0 Å². The van der Waals surface area contributed by atoms with Crippen molar-refractivity contribution in [3.8, 4) is 23.0 Å². The first-order chi connectivity index (χ1) is 25.6. The highest BCUT2D eigenvalue weighted by atomic mass is 32.2. The van der Waals surface area contributed by atoms with Crippen LogP contribution in [0.3, 0.4) is 0 Å². The summed E-state index contributed by atoms with van der Waals surface area (Å²) in [4.78, 5) is 19.2. The molecule has 13 heteroatoms. The molecule has 7 aliphatic rings. The number of benzene rings is 3. The summed E-state index contributed by atoms with van der Waals surface area (Å²) in [6.07, 6.45) is 0.214. The lowest BCUT2D eigenvalue weighted by Crippen LogP contribution is -2.70. The van der Waals surface area contributed by atoms with Gasteiger partial charge in [-0.05, 0) is 74.5 Å². The Labute approximate surface area is 311 Å². The van der Waals surface area contributed by atoms with E-state index in [2.05, 4.69) is 35.0 Å². The molecular weight excluding hydrogens is 697 g/mol. The number of esters is 1. The smallest absolute Gasteiger partial charge is 0.335 e. The van der Waals surface area contributed by atoms with Gasteiger partial charge in [-0.25, -0.2) is 4.79 Å². The van der Waals surface area contributed by atoms with E-state index < -0.39 is 23.8 Å². The molecule has 0 aliphatic carbocycles. The first-order valence-corrected chi connectivity index (χ1v) is 19.4. The van der Waals surface area contributed by atoms with E-state index in [4.69, 9.17) is 29.1 Å². The van der Waals surface area contributed by atoms with E-state index in [1.807, 2.05) is 38.2 Å². The number of aliphatic hydroxyl groups excluding tert-OH is 1. The number of ether oxygens (including phenoxy) is 4. The summed E-state index contributed by atoms with van der Waals surface area (Å²) in [6.45, 7) is 6.47. The number of aromatic hydroxyl groups is 1. The number of nitrogens with zero attached hydrogens (tertiary/aromatic N) is 2. The lowest BCUT2D eigenvalue weighted by molar-refractivity contribution is -0.186. The molecule has 8 heterocycles. The molecule has 2 saturated heterocycles. The first-order valence-electron chi connectivity index (χ1n) is 18.4. The summed E-state index contributed by atoms with van der Waals surface area (Å²) in [5.74, 6) is 2.28. The number of para-hydroxylation sites is 1. The number of furan rings is 1. The zero-order valence-electron chi connectivity index (χ0n) is 30.4. The van der Waals surface area contributed by atoms with Crippen molar-refractivity contribution in [2.75, 3.05) is 39.9 Å². The molecule has 1 spiro atoms. The number of hydrogen-bond acceptors (Lipinski definition) is 13. The molecule has 8 atom stereocenters. The third kappa shape index (κ3) is 4.34. The highest BCUT2D eigenvalue weighted by Crippen LogP contribution is 2.63. The van der Waals surface area contributed by atoms with E-state index >= 15 is 0 Å². The van der Waals surface area contributed by atoms with Crippen LogP contribution in [-0.2, 0) is 27.9 Å². The van der Waals surface area contributed by atoms with Crippen molar-refractivity contribution in [1.29, 1.82) is 0 Å². The van der Waals surface area contributed by atoms with Crippen LogP contribution in [0.15, 0.2) is 34.7 Å². The van der Waals surface area contributed by atoms with E-state index in [-0.39, 0.29) is 54.3 Å². The van der Waals surface area contributed by atoms with E-state index in [0.29, 0.717) is 48.0 Å². The predicted octanol–water partition coefficient (Wildman–Crippen LogP) is 4.16. The fourth-order valence-electron chi connectivity index (χ4n) is 10.5. The molecule has 7 aliphatic heterocycles. The third-order valence-corrected chi connectivity index (χ3v) is 14.5. The Morgan fingerprint density at radius 2 is 1.87 bits per heavy atom. The number of aliphatic hydroxyl groups is 1. The number of rotatable bonds is 2. The van der Waals surface area contributed by atoms with E-state index in [0.717, 1.165) is 49.9 Å². The number of likely N-dealkylation sites (N-methyl/N-ethyl adjacent to an activating group) is 1. The maximum Gasteiger partial charge on any atom is 0.335 e. The maximum atomic E-state index is 14.9. The zero-order valence-corrected chi connectivity index (χ0v) is 31.2. The number of piperazine rings is 1. The average molecular weight is 741 g/mol. The van der Waals surface area contributed by atoms with Crippen molar-refractivity contribution < 1.29 is 38.4 Å². The molecule has 5 N–H and O–H groups in total. The van der Waals surface area contributed by atoms with E-state index in [9.17, 15) is 15.0 Å². The molecule has 3 aromatic carbocycles. The predicted molar refractivity (Wildman–Crippen MR) is 198 cm³/mol. The number of phenolic OH excluding ortho intramolecular Hbond substituents is 1. The number of methoxy groups -OCH3 is 1. The molecular formula is C40H44N4O8S. The number of hydrogen-bond donors (Lipinski definition) is 4. The number of nitrogens with two attached hydrogens (primary N) is 1. The standard InChI is InChI=1S/C40H44N4O8S/c1-17-10-20-11-24-38(46)44-25-14-49-39(47)40(37-23(12-21(13-41)42-40)22-8-6-7-9-26(22)52-37)15-53-36(27-18(2)19(3)34-35(29(25)27)51-16-50-34)31(44)30(43(24)4)28(20)32(45)33(17)48-5/h6-10,21,24-25,30-31,36,38,42,45-46H,11-16,41H2,1-5H3/t21-,24+,25+,30-,31-,36-,38+,40-/m1/s1. The van der Waals surface area contributed by atoms with Gasteiger partial charge in [0, 0.05) is 51.7 Å². The van der Waals surface area contributed by atoms with Gasteiger partial charge in [-0.1, -0.05) is 24.3 Å². The number of carbonyl (C=O) groups is 1. The van der Waals surface area contributed by atoms with Gasteiger partial charge in [-0.15, -0.1) is 11.8 Å². The van der Waals surface area contributed by atoms with Gasteiger partial charge < -0.3 is 39.3 Å². The highest BCUT2D eigenvalue weighted by molar-refractivity contribution is 7.99. The van der Waals surface area contributed by atoms with Crippen LogP contribution in [0.1, 0.15) is 67.6 Å². The number of nitrogens with one attached hydrogen (secondary N) is 1. The molecule has 278 valence electrons. The normalized spacial score (nSPS) is 31.5. The summed E-state index contributed by atoms with van der Waals surface area (Å²) >= 11 is 1.64. The monoisotopic (exact) mass is 740 g/mol. The van der Waals surface area contributed by atoms with Crippen molar-refractivity contribution >= 4 is 28.7 Å². The Bertz CT molecular complexity index is 2220. The van der Waals surface area contributed by atoms with Crippen molar-refractivity contribution in [2.24, 2.45) is 5.73 Å². The van der Waals surface area contributed by atoms with Crippen LogP contribution >= 0.6 is 11.8 Å². The van der Waals surface area contributed by atoms with Crippen molar-refractivity contribution in [1.82, 2.24) is 15.1 Å². The SMILES string of the molecule is COc1c(C)cc2c(c1O)[C@@H]1[C@@H]3[C@@H]4SC[C@]5(N[C@@H](CN)Cc6c5oc5ccccc65)C(=O)OC[C@@H](c5c6c(c(C)c(C)c54)OCO6)N3[C@@H](O)[C@H](C2)N1C. The second-order valence-electron chi connectivity index (χ2n) is 15.5. The maximum absolute atomic E-state index is 14.9. The van der Waals surface area contributed by atoms with Crippen LogP contribution in [0.2, 0.25) is 0 Å². The van der Waals surface area contributed by atoms with Crippen molar-refractivity contribution in [2.45, 2.75) is 80.8 Å². The number of phenols is 1. The van der Waals surface area contributed by atoms with Crippen LogP contribution in [0.4, 0.5) is 0 Å². The van der Waals surface area contributed by atoms with Crippen LogP contribution < -0.4 is 25.3 Å².